The molecule has 5 heteroatoms. The predicted molar refractivity (Wildman–Crippen MR) is 83.2 cm³/mol. The van der Waals surface area contributed by atoms with Gasteiger partial charge in [0.2, 0.25) is 0 Å². The van der Waals surface area contributed by atoms with E-state index in [2.05, 4.69) is 40.4 Å². The van der Waals surface area contributed by atoms with E-state index in [9.17, 15) is 5.11 Å². The number of hydrogen-bond acceptors (Lipinski definition) is 4. The fourth-order valence-electron chi connectivity index (χ4n) is 1.92. The molecule has 1 aliphatic heterocycles. The third-order valence-electron chi connectivity index (χ3n) is 4.21. The van der Waals surface area contributed by atoms with Crippen molar-refractivity contribution in [3.63, 3.8) is 0 Å². The summed E-state index contributed by atoms with van der Waals surface area (Å²) in [6.45, 7) is 18.8. The third kappa shape index (κ3) is 4.15. The number of aliphatic hydroxyl groups excluding tert-OH is 1. The van der Waals surface area contributed by atoms with Gasteiger partial charge in [-0.2, -0.15) is 0 Å². The summed E-state index contributed by atoms with van der Waals surface area (Å²) in [4.78, 5) is 0. The second-order valence-corrected chi connectivity index (χ2v) is 12.2. The first kappa shape index (κ1) is 17.8. The molecule has 20 heavy (non-hydrogen) atoms. The van der Waals surface area contributed by atoms with Crippen molar-refractivity contribution in [2.75, 3.05) is 6.61 Å². The molecule has 4 nitrogen and oxygen atoms in total. The first-order chi connectivity index (χ1) is 8.89. The average Bonchev–Trinajstić information content (AvgIpc) is 2.59. The first-order valence-corrected chi connectivity index (χ1v) is 10.1. The highest BCUT2D eigenvalue weighted by Crippen LogP contribution is 2.38. The van der Waals surface area contributed by atoms with Gasteiger partial charge in [-0.05, 0) is 32.0 Å². The number of rotatable bonds is 5. The lowest BCUT2D eigenvalue weighted by molar-refractivity contribution is -0.154. The molecular weight excluding hydrogens is 272 g/mol. The number of hydrogen-bond donors (Lipinski definition) is 1. The van der Waals surface area contributed by atoms with Gasteiger partial charge in [0, 0.05) is 0 Å². The van der Waals surface area contributed by atoms with Crippen LogP contribution in [0.4, 0.5) is 0 Å². The molecule has 118 valence electrons. The summed E-state index contributed by atoms with van der Waals surface area (Å²) < 4.78 is 17.8. The van der Waals surface area contributed by atoms with Crippen LogP contribution in [0.25, 0.3) is 0 Å². The maximum Gasteiger partial charge on any atom is 0.192 e. The van der Waals surface area contributed by atoms with Crippen LogP contribution in [-0.4, -0.2) is 44.1 Å². The van der Waals surface area contributed by atoms with E-state index in [0.717, 1.165) is 0 Å². The van der Waals surface area contributed by atoms with Crippen LogP contribution < -0.4 is 0 Å². The smallest absolute Gasteiger partial charge is 0.192 e. The average molecular weight is 302 g/mol. The molecule has 1 unspecified atom stereocenters. The van der Waals surface area contributed by atoms with Crippen molar-refractivity contribution in [2.24, 2.45) is 0 Å². The molecule has 1 N–H and O–H groups in total. The van der Waals surface area contributed by atoms with E-state index < -0.39 is 26.3 Å². The minimum atomic E-state index is -1.84. The van der Waals surface area contributed by atoms with Crippen molar-refractivity contribution in [1.82, 2.24) is 0 Å². The van der Waals surface area contributed by atoms with Gasteiger partial charge in [-0.3, -0.25) is 0 Å². The van der Waals surface area contributed by atoms with Gasteiger partial charge in [0.25, 0.3) is 0 Å². The van der Waals surface area contributed by atoms with Crippen LogP contribution in [0.5, 0.6) is 0 Å². The van der Waals surface area contributed by atoms with Crippen LogP contribution in [-0.2, 0) is 13.9 Å². The standard InChI is InChI=1S/C15H30O4Si/c1-9-11(16)13-12(18-15(5,6)19-13)10-17-20(7,8)14(2,3)4/h9,11-13,16H,1,10H2,2-8H3/t11?,12-,13-/m0/s1. The summed E-state index contributed by atoms with van der Waals surface area (Å²) in [5, 5.41) is 10.1. The van der Waals surface area contributed by atoms with E-state index in [1.165, 1.54) is 6.08 Å². The fourth-order valence-corrected chi connectivity index (χ4v) is 2.94. The van der Waals surface area contributed by atoms with Crippen molar-refractivity contribution in [2.45, 2.75) is 76.8 Å². The predicted octanol–water partition coefficient (Wildman–Crippen LogP) is 3.08. The van der Waals surface area contributed by atoms with Gasteiger partial charge < -0.3 is 19.0 Å². The van der Waals surface area contributed by atoms with E-state index in [0.29, 0.717) is 6.61 Å². The topological polar surface area (TPSA) is 47.9 Å². The van der Waals surface area contributed by atoms with Crippen molar-refractivity contribution in [3.05, 3.63) is 12.7 Å². The van der Waals surface area contributed by atoms with Gasteiger partial charge in [0.15, 0.2) is 14.1 Å². The maximum atomic E-state index is 9.98. The Morgan fingerprint density at radius 3 is 2.35 bits per heavy atom. The lowest BCUT2D eigenvalue weighted by Crippen LogP contribution is -2.45. The van der Waals surface area contributed by atoms with Gasteiger partial charge >= 0.3 is 0 Å². The largest absolute Gasteiger partial charge is 0.414 e. The van der Waals surface area contributed by atoms with Crippen LogP contribution in [0.2, 0.25) is 18.1 Å². The van der Waals surface area contributed by atoms with Crippen molar-refractivity contribution >= 4 is 8.32 Å². The Hall–Kier alpha value is -0.203. The van der Waals surface area contributed by atoms with Crippen molar-refractivity contribution in [1.29, 1.82) is 0 Å². The Morgan fingerprint density at radius 2 is 1.90 bits per heavy atom. The van der Waals surface area contributed by atoms with Gasteiger partial charge in [-0.1, -0.05) is 26.8 Å². The van der Waals surface area contributed by atoms with E-state index in [-0.39, 0.29) is 11.1 Å². The molecule has 0 saturated carbocycles. The van der Waals surface area contributed by atoms with Gasteiger partial charge in [0.1, 0.15) is 18.3 Å². The minimum Gasteiger partial charge on any atom is -0.414 e. The van der Waals surface area contributed by atoms with Crippen molar-refractivity contribution < 1.29 is 19.0 Å². The number of aliphatic hydroxyl groups is 1. The minimum absolute atomic E-state index is 0.147. The zero-order valence-electron chi connectivity index (χ0n) is 13.9. The van der Waals surface area contributed by atoms with Crippen LogP contribution in [0, 0.1) is 0 Å². The van der Waals surface area contributed by atoms with Crippen LogP contribution in [0.15, 0.2) is 12.7 Å². The van der Waals surface area contributed by atoms with E-state index in [1.54, 1.807) is 0 Å². The van der Waals surface area contributed by atoms with Gasteiger partial charge in [-0.15, -0.1) is 6.58 Å². The molecule has 1 saturated heterocycles. The van der Waals surface area contributed by atoms with Gasteiger partial charge in [-0.25, -0.2) is 0 Å². The zero-order chi connectivity index (χ0) is 15.8. The van der Waals surface area contributed by atoms with E-state index in [4.69, 9.17) is 13.9 Å². The van der Waals surface area contributed by atoms with Crippen molar-refractivity contribution in [3.8, 4) is 0 Å². The van der Waals surface area contributed by atoms with Crippen LogP contribution in [0.3, 0.4) is 0 Å². The lowest BCUT2D eigenvalue weighted by Gasteiger charge is -2.37. The summed E-state index contributed by atoms with van der Waals surface area (Å²) in [6, 6.07) is 0. The molecular formula is C15H30O4Si. The number of ether oxygens (including phenoxy) is 2. The Morgan fingerprint density at radius 1 is 1.35 bits per heavy atom. The Bertz CT molecular complexity index is 346. The highest BCUT2D eigenvalue weighted by atomic mass is 28.4. The second kappa shape index (κ2) is 5.89. The lowest BCUT2D eigenvalue weighted by atomic mass is 10.1. The molecule has 0 aromatic carbocycles. The molecule has 1 fully saturated rings. The summed E-state index contributed by atoms with van der Waals surface area (Å²) in [6.07, 6.45) is 0.0403. The normalized spacial score (nSPS) is 28.4. The second-order valence-electron chi connectivity index (χ2n) is 7.44. The molecule has 0 aromatic heterocycles. The molecule has 0 aliphatic carbocycles. The molecule has 0 amide bonds. The molecule has 1 aliphatic rings. The quantitative estimate of drug-likeness (QED) is 0.626. The van der Waals surface area contributed by atoms with Crippen LogP contribution >= 0.6 is 0 Å². The fraction of sp³-hybridized carbons (Fsp3) is 0.867. The third-order valence-corrected chi connectivity index (χ3v) is 8.71. The molecule has 0 spiro atoms. The van der Waals surface area contributed by atoms with E-state index >= 15 is 0 Å². The Kier molecular flexibility index (Phi) is 5.25. The SMILES string of the molecule is C=CC(O)[C@@H]1OC(C)(C)O[C@H]1CO[Si](C)(C)C(C)(C)C. The highest BCUT2D eigenvalue weighted by molar-refractivity contribution is 6.74. The summed E-state index contributed by atoms with van der Waals surface area (Å²) in [5.74, 6) is -0.698. The van der Waals surface area contributed by atoms with E-state index in [1.807, 2.05) is 13.8 Å². The highest BCUT2D eigenvalue weighted by Gasteiger charge is 2.46. The molecule has 0 aromatic rings. The summed E-state index contributed by atoms with van der Waals surface area (Å²) >= 11 is 0. The Labute approximate surface area is 124 Å². The van der Waals surface area contributed by atoms with Crippen LogP contribution in [0.1, 0.15) is 34.6 Å². The zero-order valence-corrected chi connectivity index (χ0v) is 14.9. The Balaban J connectivity index is 2.72. The summed E-state index contributed by atoms with van der Waals surface area (Å²) in [7, 11) is -1.84. The molecule has 1 heterocycles. The molecule has 3 atom stereocenters. The van der Waals surface area contributed by atoms with Gasteiger partial charge in [0.05, 0.1) is 6.61 Å². The summed E-state index contributed by atoms with van der Waals surface area (Å²) in [5.41, 5.74) is 0. The molecule has 0 bridgehead atoms. The monoisotopic (exact) mass is 302 g/mol. The molecule has 1 rings (SSSR count). The molecule has 0 radical (unpaired) electrons. The maximum absolute atomic E-state index is 9.98. The first-order valence-electron chi connectivity index (χ1n) is 7.20.